The average Bonchev–Trinajstić information content (AvgIpc) is 3.38. The molecule has 148 valence electrons. The summed E-state index contributed by atoms with van der Waals surface area (Å²) in [5.41, 5.74) is 1.46. The molecule has 4 aromatic heterocycles. The number of anilines is 1. The standard InChI is InChI=1S/C18H16F2N8O/c19-16(20)15-14(9-28(26-15)10-2-1-3-10)24-18(29)13-5-7-27-17(23-13)11(8-22-27)12-4-6-21-25-12/h4-10,16H,1-3H2,(H,21,25)(H,24,29). The van der Waals surface area contributed by atoms with E-state index in [1.54, 1.807) is 24.7 Å². The number of nitrogens with zero attached hydrogens (tertiary/aromatic N) is 6. The Morgan fingerprint density at radius 1 is 1.31 bits per heavy atom. The van der Waals surface area contributed by atoms with E-state index in [0.29, 0.717) is 16.9 Å². The van der Waals surface area contributed by atoms with Crippen molar-refractivity contribution < 1.29 is 13.6 Å². The first-order valence-electron chi connectivity index (χ1n) is 9.13. The van der Waals surface area contributed by atoms with E-state index in [0.717, 1.165) is 19.3 Å². The molecule has 4 aromatic rings. The zero-order valence-corrected chi connectivity index (χ0v) is 15.1. The summed E-state index contributed by atoms with van der Waals surface area (Å²) >= 11 is 0. The fourth-order valence-electron chi connectivity index (χ4n) is 3.28. The van der Waals surface area contributed by atoms with Crippen molar-refractivity contribution in [2.24, 2.45) is 0 Å². The van der Waals surface area contributed by atoms with Crippen LogP contribution in [0.5, 0.6) is 0 Å². The molecule has 0 aliphatic heterocycles. The molecular weight excluding hydrogens is 382 g/mol. The number of fused-ring (bicyclic) bond motifs is 1. The maximum Gasteiger partial charge on any atom is 0.284 e. The highest BCUT2D eigenvalue weighted by molar-refractivity contribution is 6.03. The van der Waals surface area contributed by atoms with Crippen molar-refractivity contribution >= 4 is 17.2 Å². The van der Waals surface area contributed by atoms with Crippen LogP contribution >= 0.6 is 0 Å². The molecule has 0 radical (unpaired) electrons. The highest BCUT2D eigenvalue weighted by atomic mass is 19.3. The summed E-state index contributed by atoms with van der Waals surface area (Å²) in [4.78, 5) is 17.1. The maximum absolute atomic E-state index is 13.4. The molecule has 0 spiro atoms. The Bertz CT molecular complexity index is 1180. The lowest BCUT2D eigenvalue weighted by Gasteiger charge is -2.25. The zero-order chi connectivity index (χ0) is 20.0. The van der Waals surface area contributed by atoms with Crippen LogP contribution in [-0.4, -0.2) is 40.5 Å². The lowest BCUT2D eigenvalue weighted by atomic mass is 9.93. The summed E-state index contributed by atoms with van der Waals surface area (Å²) in [6.07, 6.45) is 6.31. The van der Waals surface area contributed by atoms with E-state index >= 15 is 0 Å². The third-order valence-electron chi connectivity index (χ3n) is 5.06. The molecule has 5 rings (SSSR count). The van der Waals surface area contributed by atoms with Gasteiger partial charge in [-0.3, -0.25) is 14.6 Å². The van der Waals surface area contributed by atoms with Gasteiger partial charge in [0.1, 0.15) is 5.69 Å². The van der Waals surface area contributed by atoms with Gasteiger partial charge in [-0.15, -0.1) is 0 Å². The van der Waals surface area contributed by atoms with Crippen LogP contribution in [0, 0.1) is 0 Å². The van der Waals surface area contributed by atoms with Crippen molar-refractivity contribution in [2.45, 2.75) is 31.7 Å². The fourth-order valence-corrected chi connectivity index (χ4v) is 3.28. The van der Waals surface area contributed by atoms with Gasteiger partial charge in [0, 0.05) is 18.6 Å². The number of hydrogen-bond acceptors (Lipinski definition) is 5. The summed E-state index contributed by atoms with van der Waals surface area (Å²) in [7, 11) is 0. The van der Waals surface area contributed by atoms with E-state index in [4.69, 9.17) is 0 Å². The molecule has 4 heterocycles. The number of aromatic nitrogens is 7. The van der Waals surface area contributed by atoms with Gasteiger partial charge in [-0.25, -0.2) is 18.3 Å². The molecule has 1 amide bonds. The molecule has 0 atom stereocenters. The molecule has 1 aliphatic rings. The van der Waals surface area contributed by atoms with Crippen molar-refractivity contribution in [1.29, 1.82) is 0 Å². The van der Waals surface area contributed by atoms with E-state index in [2.05, 4.69) is 30.7 Å². The van der Waals surface area contributed by atoms with Crippen molar-refractivity contribution in [3.63, 3.8) is 0 Å². The molecule has 1 aliphatic carbocycles. The van der Waals surface area contributed by atoms with Gasteiger partial charge in [0.2, 0.25) is 0 Å². The molecule has 2 N–H and O–H groups in total. The number of hydrogen-bond donors (Lipinski definition) is 2. The molecular formula is C18H16F2N8O. The van der Waals surface area contributed by atoms with Crippen LogP contribution in [0.3, 0.4) is 0 Å². The summed E-state index contributed by atoms with van der Waals surface area (Å²) in [6, 6.07) is 3.34. The largest absolute Gasteiger partial charge is 0.318 e. The minimum Gasteiger partial charge on any atom is -0.318 e. The van der Waals surface area contributed by atoms with Crippen molar-refractivity contribution in [3.05, 3.63) is 48.3 Å². The molecule has 0 bridgehead atoms. The van der Waals surface area contributed by atoms with Crippen LogP contribution in [0.2, 0.25) is 0 Å². The first-order valence-corrected chi connectivity index (χ1v) is 9.13. The van der Waals surface area contributed by atoms with Gasteiger partial charge in [-0.1, -0.05) is 0 Å². The van der Waals surface area contributed by atoms with Gasteiger partial charge in [0.15, 0.2) is 11.3 Å². The first kappa shape index (κ1) is 17.5. The summed E-state index contributed by atoms with van der Waals surface area (Å²) in [6.45, 7) is 0. The normalized spacial score (nSPS) is 14.4. The minimum atomic E-state index is -2.79. The van der Waals surface area contributed by atoms with Crippen molar-refractivity contribution in [1.82, 2.24) is 34.6 Å². The summed E-state index contributed by atoms with van der Waals surface area (Å²) < 4.78 is 29.8. The Morgan fingerprint density at radius 2 is 2.17 bits per heavy atom. The van der Waals surface area contributed by atoms with E-state index in [1.807, 2.05) is 0 Å². The van der Waals surface area contributed by atoms with Gasteiger partial charge in [0.05, 0.1) is 29.2 Å². The van der Waals surface area contributed by atoms with Crippen LogP contribution < -0.4 is 5.32 Å². The van der Waals surface area contributed by atoms with Crippen LogP contribution in [0.15, 0.2) is 36.9 Å². The topological polar surface area (TPSA) is 106 Å². The van der Waals surface area contributed by atoms with E-state index in [-0.39, 0.29) is 17.4 Å². The maximum atomic E-state index is 13.4. The Hall–Kier alpha value is -3.63. The van der Waals surface area contributed by atoms with Crippen molar-refractivity contribution in [2.75, 3.05) is 5.32 Å². The fraction of sp³-hybridized carbons (Fsp3) is 0.278. The molecule has 11 heteroatoms. The van der Waals surface area contributed by atoms with Crippen LogP contribution in [0.1, 0.15) is 47.9 Å². The molecule has 29 heavy (non-hydrogen) atoms. The second-order valence-corrected chi connectivity index (χ2v) is 6.86. The SMILES string of the molecule is O=C(Nc1cn(C2CCC2)nc1C(F)F)c1ccn2ncc(-c3ccn[nH]3)c2n1. The Morgan fingerprint density at radius 3 is 2.86 bits per heavy atom. The number of carbonyl (C=O) groups excluding carboxylic acids is 1. The molecule has 1 saturated carbocycles. The van der Waals surface area contributed by atoms with Crippen LogP contribution in [0.4, 0.5) is 14.5 Å². The number of nitrogens with one attached hydrogen (secondary N) is 2. The van der Waals surface area contributed by atoms with Crippen molar-refractivity contribution in [3.8, 4) is 11.3 Å². The average molecular weight is 398 g/mol. The second kappa shape index (κ2) is 6.76. The first-order chi connectivity index (χ1) is 14.1. The summed E-state index contributed by atoms with van der Waals surface area (Å²) in [5, 5.41) is 17.4. The lowest BCUT2D eigenvalue weighted by Crippen LogP contribution is -2.17. The van der Waals surface area contributed by atoms with E-state index in [1.165, 1.54) is 21.5 Å². The monoisotopic (exact) mass is 398 g/mol. The van der Waals surface area contributed by atoms with Gasteiger partial charge in [0.25, 0.3) is 12.3 Å². The van der Waals surface area contributed by atoms with Gasteiger partial charge < -0.3 is 5.32 Å². The predicted molar refractivity (Wildman–Crippen MR) is 98.6 cm³/mol. The Kier molecular flexibility index (Phi) is 4.07. The molecule has 0 aromatic carbocycles. The zero-order valence-electron chi connectivity index (χ0n) is 15.1. The third kappa shape index (κ3) is 3.04. The molecule has 1 fully saturated rings. The smallest absolute Gasteiger partial charge is 0.284 e. The summed E-state index contributed by atoms with van der Waals surface area (Å²) in [5.74, 6) is -0.598. The molecule has 0 saturated heterocycles. The number of rotatable bonds is 5. The highest BCUT2D eigenvalue weighted by Crippen LogP contribution is 2.34. The predicted octanol–water partition coefficient (Wildman–Crippen LogP) is 3.23. The number of H-pyrrole nitrogens is 1. The van der Waals surface area contributed by atoms with Gasteiger partial charge in [-0.2, -0.15) is 15.3 Å². The minimum absolute atomic E-state index is 0.000808. The van der Waals surface area contributed by atoms with Gasteiger partial charge in [-0.05, 0) is 31.4 Å². The van der Waals surface area contributed by atoms with Crippen LogP contribution in [0.25, 0.3) is 16.9 Å². The lowest BCUT2D eigenvalue weighted by molar-refractivity contribution is 0.102. The quantitative estimate of drug-likeness (QED) is 0.537. The Balaban J connectivity index is 1.46. The number of amides is 1. The number of halogens is 2. The third-order valence-corrected chi connectivity index (χ3v) is 5.06. The van der Waals surface area contributed by atoms with Gasteiger partial charge >= 0.3 is 0 Å². The molecule has 9 nitrogen and oxygen atoms in total. The van der Waals surface area contributed by atoms with E-state index < -0.39 is 18.0 Å². The number of aromatic amines is 1. The Labute approximate surface area is 162 Å². The number of alkyl halides is 2. The second-order valence-electron chi connectivity index (χ2n) is 6.86. The van der Waals surface area contributed by atoms with Crippen LogP contribution in [-0.2, 0) is 0 Å². The number of carbonyl (C=O) groups is 1. The van der Waals surface area contributed by atoms with E-state index in [9.17, 15) is 13.6 Å². The highest BCUT2D eigenvalue weighted by Gasteiger charge is 2.26. The molecule has 0 unspecified atom stereocenters.